The SMILES string of the molecule is CC[C@@]1(O)C(=O)OCc2c1cc1n(c2=O)Cc2c-1nc1cc(F)c(C)c3c1c2[C@@H](NC(=O)[C@@H](CO)OCNC(=O)[C@H](C)NC(=O)[C@H](C)NC(=O)CCN1C(=O)CC(C)C1=O)CC3. The number of cyclic esters (lactones) is 1. The highest BCUT2D eigenvalue weighted by molar-refractivity contribution is 6.03. The molecule has 1 fully saturated rings. The highest BCUT2D eigenvalue weighted by Crippen LogP contribution is 2.46. The number of hydrogen-bond acceptors (Lipinski definition) is 13. The molecule has 3 aromatic rings. The number of rotatable bonds is 14. The Balaban J connectivity index is 1.01. The quantitative estimate of drug-likeness (QED) is 0.0550. The van der Waals surface area contributed by atoms with Crippen LogP contribution >= 0.6 is 0 Å². The summed E-state index contributed by atoms with van der Waals surface area (Å²) < 4.78 is 27.5. The van der Waals surface area contributed by atoms with E-state index in [1.807, 2.05) is 0 Å². The van der Waals surface area contributed by atoms with Crippen LogP contribution < -0.4 is 26.8 Å². The van der Waals surface area contributed by atoms with E-state index in [1.54, 1.807) is 26.8 Å². The second-order valence-corrected chi connectivity index (χ2v) is 16.2. The summed E-state index contributed by atoms with van der Waals surface area (Å²) in [7, 11) is 0. The van der Waals surface area contributed by atoms with E-state index in [0.717, 1.165) is 4.90 Å². The molecule has 0 spiro atoms. The van der Waals surface area contributed by atoms with Crippen LogP contribution in [0.3, 0.4) is 0 Å². The normalized spacial score (nSPS) is 21.4. The molecular formula is C42H48FN7O12. The zero-order valence-corrected chi connectivity index (χ0v) is 34.8. The number of likely N-dealkylation sites (tertiary alicyclic amines) is 1. The van der Waals surface area contributed by atoms with Gasteiger partial charge in [-0.05, 0) is 62.8 Å². The lowest BCUT2D eigenvalue weighted by molar-refractivity contribution is -0.172. The molecule has 0 saturated carbocycles. The molecule has 0 bridgehead atoms. The predicted octanol–water partition coefficient (Wildman–Crippen LogP) is -0.124. The molecule has 7 rings (SSSR count). The van der Waals surface area contributed by atoms with Crippen molar-refractivity contribution in [3.63, 3.8) is 0 Å². The first-order valence-corrected chi connectivity index (χ1v) is 20.5. The van der Waals surface area contributed by atoms with Gasteiger partial charge < -0.3 is 45.5 Å². The van der Waals surface area contributed by atoms with Gasteiger partial charge in [-0.1, -0.05) is 13.8 Å². The van der Waals surface area contributed by atoms with Gasteiger partial charge in [-0.3, -0.25) is 38.5 Å². The number of ether oxygens (including phenoxy) is 2. The number of hydrogen-bond donors (Lipinski definition) is 6. The second-order valence-electron chi connectivity index (χ2n) is 16.2. The first-order valence-electron chi connectivity index (χ1n) is 20.5. The summed E-state index contributed by atoms with van der Waals surface area (Å²) in [4.78, 5) is 108. The molecule has 1 saturated heterocycles. The van der Waals surface area contributed by atoms with E-state index in [9.17, 15) is 48.6 Å². The molecule has 330 valence electrons. The second kappa shape index (κ2) is 17.0. The molecule has 62 heavy (non-hydrogen) atoms. The predicted molar refractivity (Wildman–Crippen MR) is 214 cm³/mol. The molecule has 5 heterocycles. The minimum atomic E-state index is -2.06. The van der Waals surface area contributed by atoms with Crippen molar-refractivity contribution in [1.29, 1.82) is 0 Å². The number of aliphatic hydroxyl groups is 2. The number of amides is 6. The van der Waals surface area contributed by atoms with Gasteiger partial charge in [0.05, 0.1) is 41.7 Å². The van der Waals surface area contributed by atoms with Crippen molar-refractivity contribution in [2.75, 3.05) is 19.9 Å². The van der Waals surface area contributed by atoms with E-state index in [-0.39, 0.29) is 67.4 Å². The lowest BCUT2D eigenvalue weighted by Crippen LogP contribution is -2.52. The molecule has 6 amide bonds. The van der Waals surface area contributed by atoms with Gasteiger partial charge in [-0.2, -0.15) is 0 Å². The van der Waals surface area contributed by atoms with Crippen LogP contribution in [0.15, 0.2) is 16.9 Å². The van der Waals surface area contributed by atoms with E-state index in [0.29, 0.717) is 51.9 Å². The van der Waals surface area contributed by atoms with E-state index in [2.05, 4.69) is 21.3 Å². The van der Waals surface area contributed by atoms with Crippen molar-refractivity contribution in [3.8, 4) is 11.4 Å². The van der Waals surface area contributed by atoms with Crippen LogP contribution in [-0.2, 0) is 68.2 Å². The van der Waals surface area contributed by atoms with Crippen molar-refractivity contribution in [3.05, 3.63) is 61.7 Å². The largest absolute Gasteiger partial charge is 0.458 e. The summed E-state index contributed by atoms with van der Waals surface area (Å²) in [5.74, 6) is -5.26. The Morgan fingerprint density at radius 2 is 1.77 bits per heavy atom. The number of pyridine rings is 2. The van der Waals surface area contributed by atoms with Crippen molar-refractivity contribution >= 4 is 52.3 Å². The van der Waals surface area contributed by atoms with E-state index < -0.39 is 90.1 Å². The van der Waals surface area contributed by atoms with E-state index in [1.165, 1.54) is 24.5 Å². The average molecular weight is 862 g/mol. The van der Waals surface area contributed by atoms with Crippen LogP contribution in [0.5, 0.6) is 0 Å². The summed E-state index contributed by atoms with van der Waals surface area (Å²) in [5, 5.41) is 32.4. The molecule has 0 radical (unpaired) electrons. The van der Waals surface area contributed by atoms with Gasteiger partial charge in [0, 0.05) is 47.9 Å². The van der Waals surface area contributed by atoms with E-state index >= 15 is 4.39 Å². The van der Waals surface area contributed by atoms with Gasteiger partial charge in [0.1, 0.15) is 31.2 Å². The highest BCUT2D eigenvalue weighted by Gasteiger charge is 2.46. The monoisotopic (exact) mass is 861 g/mol. The van der Waals surface area contributed by atoms with Crippen LogP contribution in [0.2, 0.25) is 0 Å². The molecule has 1 unspecified atom stereocenters. The molecule has 1 aromatic carbocycles. The van der Waals surface area contributed by atoms with Crippen LogP contribution in [0.25, 0.3) is 22.3 Å². The van der Waals surface area contributed by atoms with Gasteiger partial charge in [0.2, 0.25) is 29.5 Å². The topological polar surface area (TPSA) is 265 Å². The fraction of sp³-hybridized carbons (Fsp3) is 0.500. The number of halogens is 1. The number of imide groups is 1. The Morgan fingerprint density at radius 3 is 2.45 bits per heavy atom. The molecule has 19 nitrogen and oxygen atoms in total. The lowest BCUT2D eigenvalue weighted by Gasteiger charge is -2.31. The molecule has 3 aliphatic heterocycles. The number of aromatic nitrogens is 2. The molecule has 6 atom stereocenters. The molecule has 4 aliphatic rings. The number of nitrogens with zero attached hydrogens (tertiary/aromatic N) is 3. The minimum Gasteiger partial charge on any atom is -0.458 e. The molecular weight excluding hydrogens is 813 g/mol. The van der Waals surface area contributed by atoms with Crippen LogP contribution in [-0.4, -0.2) is 104 Å². The Morgan fingerprint density at radius 1 is 1.05 bits per heavy atom. The van der Waals surface area contributed by atoms with Crippen molar-refractivity contribution < 1.29 is 57.6 Å². The van der Waals surface area contributed by atoms with Gasteiger partial charge in [-0.15, -0.1) is 0 Å². The first kappa shape index (κ1) is 44.0. The Labute approximate surface area is 353 Å². The fourth-order valence-corrected chi connectivity index (χ4v) is 8.62. The standard InChI is InChI=1S/C42H48FN7O12/c1-6-42(60)25-12-29-35-23(14-50(29)40(58)24(25)16-61-41(42)59)34-27(8-7-22-19(3)26(43)13-28(47-35)33(22)34)48-38(56)30(15-51)62-17-44-36(54)20(4)46-37(55)21(5)45-31(52)9-10-49-32(53)11-18(2)39(49)57/h12-13,18,20-21,27,30,51,60H,6-11,14-17H2,1-5H3,(H,44,54)(H,45,52)(H,46,55)(H,48,56)/t18?,20-,21-,27-,30+,42-/m0/s1. The summed E-state index contributed by atoms with van der Waals surface area (Å²) in [5.41, 5.74) is 0.848. The minimum absolute atomic E-state index is 0.0179. The highest BCUT2D eigenvalue weighted by atomic mass is 19.1. The smallest absolute Gasteiger partial charge is 0.343 e. The molecule has 2 aromatic heterocycles. The molecule has 6 N–H and O–H groups in total. The third-order valence-corrected chi connectivity index (χ3v) is 12.2. The van der Waals surface area contributed by atoms with Crippen molar-refractivity contribution in [2.45, 2.75) is 110 Å². The maximum atomic E-state index is 15.3. The Kier molecular flexibility index (Phi) is 12.0. The Bertz CT molecular complexity index is 2510. The zero-order chi connectivity index (χ0) is 44.9. The Hall–Kier alpha value is -6.12. The third-order valence-electron chi connectivity index (χ3n) is 12.2. The summed E-state index contributed by atoms with van der Waals surface area (Å²) in [6, 6.07) is -0.0862. The summed E-state index contributed by atoms with van der Waals surface area (Å²) in [6.45, 7) is 5.88. The first-order chi connectivity index (χ1) is 29.4. The third kappa shape index (κ3) is 7.70. The number of esters is 1. The van der Waals surface area contributed by atoms with Crippen molar-refractivity contribution in [2.24, 2.45) is 5.92 Å². The number of carbonyl (C=O) groups is 7. The van der Waals surface area contributed by atoms with Gasteiger partial charge in [0.25, 0.3) is 11.5 Å². The van der Waals surface area contributed by atoms with Crippen molar-refractivity contribution in [1.82, 2.24) is 35.7 Å². The van der Waals surface area contributed by atoms with Gasteiger partial charge >= 0.3 is 5.97 Å². The summed E-state index contributed by atoms with van der Waals surface area (Å²) in [6.07, 6.45) is -1.00. The van der Waals surface area contributed by atoms with Crippen LogP contribution in [0.1, 0.15) is 92.8 Å². The average Bonchev–Trinajstić information content (AvgIpc) is 3.73. The van der Waals surface area contributed by atoms with E-state index in [4.69, 9.17) is 14.5 Å². The number of carbonyl (C=O) groups excluding carboxylic acids is 7. The fourth-order valence-electron chi connectivity index (χ4n) is 8.62. The maximum Gasteiger partial charge on any atom is 0.343 e. The number of nitrogens with one attached hydrogen (secondary N) is 4. The van der Waals surface area contributed by atoms with Gasteiger partial charge in [0.15, 0.2) is 11.7 Å². The maximum absolute atomic E-state index is 15.3. The number of fused-ring (bicyclic) bond motifs is 5. The van der Waals surface area contributed by atoms with Crippen LogP contribution in [0, 0.1) is 18.7 Å². The molecule has 1 aliphatic carbocycles. The zero-order valence-electron chi connectivity index (χ0n) is 34.8. The number of aliphatic hydroxyl groups excluding tert-OH is 1. The van der Waals surface area contributed by atoms with Gasteiger partial charge in [-0.25, -0.2) is 14.2 Å². The molecule has 20 heteroatoms. The summed E-state index contributed by atoms with van der Waals surface area (Å²) >= 11 is 0. The number of aryl methyl sites for hydroxylation is 1. The number of benzene rings is 1. The van der Waals surface area contributed by atoms with Crippen LogP contribution in [0.4, 0.5) is 4.39 Å². The lowest BCUT2D eigenvalue weighted by atomic mass is 9.81.